The number of anilines is 2. The van der Waals surface area contributed by atoms with Gasteiger partial charge in [0, 0.05) is 5.69 Å². The summed E-state index contributed by atoms with van der Waals surface area (Å²) in [5.74, 6) is -0.688. The molecule has 2 N–H and O–H groups in total. The molecule has 2 heterocycles. The van der Waals surface area contributed by atoms with Crippen LogP contribution in [0.2, 0.25) is 0 Å². The van der Waals surface area contributed by atoms with Crippen LogP contribution in [-0.2, 0) is 16.0 Å². The van der Waals surface area contributed by atoms with E-state index in [9.17, 15) is 9.59 Å². The van der Waals surface area contributed by atoms with Crippen molar-refractivity contribution in [2.75, 3.05) is 12.4 Å². The zero-order valence-electron chi connectivity index (χ0n) is 13.6. The molecule has 0 saturated carbocycles. The lowest BCUT2D eigenvalue weighted by molar-refractivity contribution is -0.136. The fraction of sp³-hybridized carbons (Fsp3) is 0.176. The van der Waals surface area contributed by atoms with Crippen molar-refractivity contribution in [1.82, 2.24) is 9.97 Å². The topological polar surface area (TPSA) is 101 Å². The molecule has 7 nitrogen and oxygen atoms in total. The predicted molar refractivity (Wildman–Crippen MR) is 94.6 cm³/mol. The van der Waals surface area contributed by atoms with E-state index in [0.29, 0.717) is 21.1 Å². The van der Waals surface area contributed by atoms with Gasteiger partial charge in [-0.1, -0.05) is 12.1 Å². The second-order valence-corrected chi connectivity index (χ2v) is 6.34. The molecule has 0 bridgehead atoms. The van der Waals surface area contributed by atoms with Crippen LogP contribution in [0.5, 0.6) is 0 Å². The van der Waals surface area contributed by atoms with Crippen LogP contribution in [0.4, 0.5) is 11.5 Å². The van der Waals surface area contributed by atoms with Crippen LogP contribution < -0.4 is 5.32 Å². The normalized spacial score (nSPS) is 10.6. The fourth-order valence-corrected chi connectivity index (χ4v) is 3.54. The van der Waals surface area contributed by atoms with Gasteiger partial charge in [-0.25, -0.2) is 14.8 Å². The summed E-state index contributed by atoms with van der Waals surface area (Å²) < 4.78 is 4.80. The average molecular weight is 357 g/mol. The summed E-state index contributed by atoms with van der Waals surface area (Å²) >= 11 is 1.26. The molecule has 0 radical (unpaired) electrons. The minimum absolute atomic E-state index is 0.0237. The van der Waals surface area contributed by atoms with Crippen molar-refractivity contribution in [3.63, 3.8) is 0 Å². The minimum Gasteiger partial charge on any atom is -0.481 e. The van der Waals surface area contributed by atoms with Crippen molar-refractivity contribution >= 4 is 45.0 Å². The molecule has 0 atom stereocenters. The number of hydrogen-bond donors (Lipinski definition) is 2. The number of fused-ring (bicyclic) bond motifs is 1. The predicted octanol–water partition coefficient (Wildman–Crippen LogP) is 3.16. The van der Waals surface area contributed by atoms with Gasteiger partial charge in [0.25, 0.3) is 0 Å². The molecule has 1 aromatic carbocycles. The van der Waals surface area contributed by atoms with Crippen molar-refractivity contribution in [1.29, 1.82) is 0 Å². The van der Waals surface area contributed by atoms with Gasteiger partial charge in [0.2, 0.25) is 0 Å². The molecule has 0 aliphatic heterocycles. The van der Waals surface area contributed by atoms with E-state index in [1.807, 2.05) is 6.92 Å². The summed E-state index contributed by atoms with van der Waals surface area (Å²) in [7, 11) is 1.34. The van der Waals surface area contributed by atoms with Crippen LogP contribution in [0, 0.1) is 6.92 Å². The third kappa shape index (κ3) is 3.43. The number of ether oxygens (including phenoxy) is 1. The first-order valence-electron chi connectivity index (χ1n) is 7.39. The van der Waals surface area contributed by atoms with Gasteiger partial charge in [-0.15, -0.1) is 11.3 Å². The van der Waals surface area contributed by atoms with Gasteiger partial charge < -0.3 is 15.2 Å². The minimum atomic E-state index is -0.873. The highest BCUT2D eigenvalue weighted by molar-refractivity contribution is 7.20. The van der Waals surface area contributed by atoms with Gasteiger partial charge in [0.05, 0.1) is 18.9 Å². The molecular weight excluding hydrogens is 342 g/mol. The Bertz CT molecular complexity index is 950. The Labute approximate surface area is 147 Å². The first-order chi connectivity index (χ1) is 12.0. The number of nitrogens with zero attached hydrogens (tertiary/aromatic N) is 2. The van der Waals surface area contributed by atoms with Crippen LogP contribution in [0.15, 0.2) is 30.6 Å². The SMILES string of the molecule is COC(=O)c1sc2ncnc(Nc3ccc(CC(=O)O)cc3)c2c1C. The zero-order valence-corrected chi connectivity index (χ0v) is 14.4. The van der Waals surface area contributed by atoms with E-state index in [4.69, 9.17) is 9.84 Å². The number of nitrogens with one attached hydrogen (secondary N) is 1. The van der Waals surface area contributed by atoms with Crippen LogP contribution in [-0.4, -0.2) is 34.1 Å². The van der Waals surface area contributed by atoms with Crippen LogP contribution in [0.3, 0.4) is 0 Å². The maximum Gasteiger partial charge on any atom is 0.348 e. The van der Waals surface area contributed by atoms with Crippen LogP contribution >= 0.6 is 11.3 Å². The van der Waals surface area contributed by atoms with Crippen molar-refractivity contribution < 1.29 is 19.4 Å². The van der Waals surface area contributed by atoms with Crippen LogP contribution in [0.1, 0.15) is 20.8 Å². The Morgan fingerprint density at radius 1 is 1.24 bits per heavy atom. The lowest BCUT2D eigenvalue weighted by atomic mass is 10.1. The molecule has 2 aromatic heterocycles. The maximum absolute atomic E-state index is 11.9. The number of carbonyl (C=O) groups excluding carboxylic acids is 1. The number of aliphatic carboxylic acids is 1. The number of thiophene rings is 1. The number of aryl methyl sites for hydroxylation is 1. The molecule has 0 aliphatic carbocycles. The number of carboxylic acids is 1. The lowest BCUT2D eigenvalue weighted by Gasteiger charge is -2.08. The molecule has 0 unspecified atom stereocenters. The fourth-order valence-electron chi connectivity index (χ4n) is 2.47. The average Bonchev–Trinajstić information content (AvgIpc) is 2.93. The van der Waals surface area contributed by atoms with Gasteiger partial charge in [-0.05, 0) is 30.2 Å². The van der Waals surface area contributed by atoms with E-state index in [1.165, 1.54) is 24.8 Å². The van der Waals surface area contributed by atoms with Gasteiger partial charge in [0.15, 0.2) is 0 Å². The molecule has 0 fully saturated rings. The van der Waals surface area contributed by atoms with E-state index in [-0.39, 0.29) is 6.42 Å². The highest BCUT2D eigenvalue weighted by atomic mass is 32.1. The second-order valence-electron chi connectivity index (χ2n) is 5.34. The van der Waals surface area contributed by atoms with Gasteiger partial charge >= 0.3 is 11.9 Å². The van der Waals surface area contributed by atoms with Crippen molar-refractivity contribution in [2.24, 2.45) is 0 Å². The summed E-state index contributed by atoms with van der Waals surface area (Å²) in [4.78, 5) is 32.3. The Hall–Kier alpha value is -3.00. The number of carboxylic acid groups (broad SMARTS) is 1. The Morgan fingerprint density at radius 2 is 1.96 bits per heavy atom. The molecule has 3 rings (SSSR count). The number of carbonyl (C=O) groups is 2. The molecule has 0 saturated heterocycles. The van der Waals surface area contributed by atoms with E-state index < -0.39 is 11.9 Å². The highest BCUT2D eigenvalue weighted by Crippen LogP contribution is 2.34. The quantitative estimate of drug-likeness (QED) is 0.676. The first kappa shape index (κ1) is 16.8. The molecule has 0 amide bonds. The summed E-state index contributed by atoms with van der Waals surface area (Å²) in [6, 6.07) is 7.06. The third-order valence-electron chi connectivity index (χ3n) is 3.67. The van der Waals surface area contributed by atoms with Gasteiger partial charge in [-0.2, -0.15) is 0 Å². The Kier molecular flexibility index (Phi) is 4.62. The number of rotatable bonds is 5. The highest BCUT2D eigenvalue weighted by Gasteiger charge is 2.19. The van der Waals surface area contributed by atoms with E-state index in [1.54, 1.807) is 24.3 Å². The first-order valence-corrected chi connectivity index (χ1v) is 8.21. The van der Waals surface area contributed by atoms with E-state index >= 15 is 0 Å². The summed E-state index contributed by atoms with van der Waals surface area (Å²) in [5, 5.41) is 12.8. The van der Waals surface area contributed by atoms with E-state index in [2.05, 4.69) is 15.3 Å². The number of hydrogen-bond acceptors (Lipinski definition) is 7. The summed E-state index contributed by atoms with van der Waals surface area (Å²) in [5.41, 5.74) is 2.24. The standard InChI is InChI=1S/C17H15N3O4S/c1-9-13-15(18-8-19-16(13)25-14(9)17(23)24-2)20-11-5-3-10(4-6-11)7-12(21)22/h3-6,8H,7H2,1-2H3,(H,21,22)(H,18,19,20). The van der Waals surface area contributed by atoms with Crippen LogP contribution in [0.25, 0.3) is 10.2 Å². The zero-order chi connectivity index (χ0) is 18.0. The Balaban J connectivity index is 1.95. The Morgan fingerprint density at radius 3 is 2.60 bits per heavy atom. The monoisotopic (exact) mass is 357 g/mol. The number of methoxy groups -OCH3 is 1. The lowest BCUT2D eigenvalue weighted by Crippen LogP contribution is -2.01. The smallest absolute Gasteiger partial charge is 0.348 e. The molecule has 128 valence electrons. The maximum atomic E-state index is 11.9. The summed E-state index contributed by atoms with van der Waals surface area (Å²) in [6.45, 7) is 1.83. The number of aromatic nitrogens is 2. The van der Waals surface area contributed by atoms with Gasteiger partial charge in [0.1, 0.15) is 21.9 Å². The second kappa shape index (κ2) is 6.86. The van der Waals surface area contributed by atoms with Crippen molar-refractivity contribution in [3.05, 3.63) is 46.6 Å². The molecule has 0 spiro atoms. The van der Waals surface area contributed by atoms with Crippen molar-refractivity contribution in [3.8, 4) is 0 Å². The summed E-state index contributed by atoms with van der Waals surface area (Å²) in [6.07, 6.45) is 1.41. The molecule has 3 aromatic rings. The molecule has 25 heavy (non-hydrogen) atoms. The largest absolute Gasteiger partial charge is 0.481 e. The van der Waals surface area contributed by atoms with Crippen molar-refractivity contribution in [2.45, 2.75) is 13.3 Å². The molecule has 8 heteroatoms. The number of benzene rings is 1. The molecular formula is C17H15N3O4S. The van der Waals surface area contributed by atoms with Gasteiger partial charge in [-0.3, -0.25) is 4.79 Å². The number of esters is 1. The van der Waals surface area contributed by atoms with E-state index in [0.717, 1.165) is 16.6 Å². The third-order valence-corrected chi connectivity index (χ3v) is 4.85. The molecule has 0 aliphatic rings.